The predicted molar refractivity (Wildman–Crippen MR) is 84.4 cm³/mol. The third kappa shape index (κ3) is 2.73. The molecule has 20 heavy (non-hydrogen) atoms. The van der Waals surface area contributed by atoms with Gasteiger partial charge in [0.05, 0.1) is 12.7 Å². The molecule has 1 aromatic carbocycles. The summed E-state index contributed by atoms with van der Waals surface area (Å²) in [5, 5.41) is 1.10. The smallest absolute Gasteiger partial charge is 0.0735 e. The van der Waals surface area contributed by atoms with Crippen molar-refractivity contribution in [1.29, 1.82) is 0 Å². The Morgan fingerprint density at radius 2 is 1.80 bits per heavy atom. The Hall–Kier alpha value is -0.240. The number of halogens is 2. The molecule has 1 aromatic rings. The summed E-state index contributed by atoms with van der Waals surface area (Å²) < 4.78 is 6.20. The number of ether oxygens (including phenoxy) is 1. The van der Waals surface area contributed by atoms with Crippen LogP contribution in [-0.4, -0.2) is 11.5 Å². The molecule has 2 aliphatic carbocycles. The van der Waals surface area contributed by atoms with Crippen LogP contribution < -0.4 is 0 Å². The van der Waals surface area contributed by atoms with E-state index < -0.39 is 0 Å². The van der Waals surface area contributed by atoms with Crippen molar-refractivity contribution in [3.8, 4) is 0 Å². The molecule has 2 atom stereocenters. The monoisotopic (exact) mass is 312 g/mol. The summed E-state index contributed by atoms with van der Waals surface area (Å²) in [6.45, 7) is 0.607. The van der Waals surface area contributed by atoms with Gasteiger partial charge in [0.25, 0.3) is 0 Å². The Labute approximate surface area is 131 Å². The summed E-state index contributed by atoms with van der Waals surface area (Å²) in [7, 11) is 0. The number of rotatable bonds is 3. The lowest BCUT2D eigenvalue weighted by atomic mass is 9.61. The average Bonchev–Trinajstić information content (AvgIpc) is 2.73. The minimum atomic E-state index is 0.235. The SMILES string of the molecule is Clc1ccccc1COC1CC(Cl)C12CCCCCC2. The summed E-state index contributed by atoms with van der Waals surface area (Å²) in [5.41, 5.74) is 1.32. The third-order valence-corrected chi connectivity index (χ3v) is 6.10. The molecule has 2 aliphatic rings. The highest BCUT2D eigenvalue weighted by Crippen LogP contribution is 2.55. The van der Waals surface area contributed by atoms with Gasteiger partial charge in [-0.1, -0.05) is 55.5 Å². The molecule has 0 N–H and O–H groups in total. The molecule has 0 heterocycles. The first kappa shape index (κ1) is 14.7. The van der Waals surface area contributed by atoms with E-state index in [2.05, 4.69) is 0 Å². The number of benzene rings is 1. The minimum absolute atomic E-state index is 0.235. The standard InChI is InChI=1S/C17H22Cl2O/c18-14-8-4-3-7-13(14)12-20-16-11-15(19)17(16)9-5-1-2-6-10-17/h3-4,7-8,15-16H,1-2,5-6,9-12H2. The average molecular weight is 313 g/mol. The van der Waals surface area contributed by atoms with E-state index in [4.69, 9.17) is 27.9 Å². The van der Waals surface area contributed by atoms with Crippen LogP contribution in [0, 0.1) is 5.41 Å². The summed E-state index contributed by atoms with van der Waals surface area (Å²) in [6, 6.07) is 7.93. The molecule has 1 nitrogen and oxygen atoms in total. The van der Waals surface area contributed by atoms with Crippen LogP contribution in [0.2, 0.25) is 5.02 Å². The maximum Gasteiger partial charge on any atom is 0.0735 e. The first-order chi connectivity index (χ1) is 9.72. The van der Waals surface area contributed by atoms with Crippen LogP contribution in [0.5, 0.6) is 0 Å². The predicted octanol–water partition coefficient (Wildman–Crippen LogP) is 5.58. The molecule has 0 aliphatic heterocycles. The molecule has 2 unspecified atom stereocenters. The summed E-state index contributed by atoms with van der Waals surface area (Å²) in [6.07, 6.45) is 9.07. The largest absolute Gasteiger partial charge is 0.373 e. The summed E-state index contributed by atoms with van der Waals surface area (Å²) in [5.74, 6) is 0. The van der Waals surface area contributed by atoms with Gasteiger partial charge in [-0.05, 0) is 30.9 Å². The van der Waals surface area contributed by atoms with Crippen molar-refractivity contribution in [2.75, 3.05) is 0 Å². The number of hydrogen-bond donors (Lipinski definition) is 0. The molecule has 3 heteroatoms. The Morgan fingerprint density at radius 1 is 1.10 bits per heavy atom. The van der Waals surface area contributed by atoms with Gasteiger partial charge in [0.1, 0.15) is 0 Å². The number of alkyl halides is 1. The molecule has 0 radical (unpaired) electrons. The molecular formula is C17H22Cl2O. The van der Waals surface area contributed by atoms with Crippen molar-refractivity contribution in [3.63, 3.8) is 0 Å². The van der Waals surface area contributed by atoms with Crippen LogP contribution in [0.15, 0.2) is 24.3 Å². The van der Waals surface area contributed by atoms with E-state index in [-0.39, 0.29) is 5.41 Å². The van der Waals surface area contributed by atoms with Gasteiger partial charge in [0.15, 0.2) is 0 Å². The lowest BCUT2D eigenvalue weighted by Crippen LogP contribution is -2.55. The molecule has 1 spiro atoms. The minimum Gasteiger partial charge on any atom is -0.373 e. The number of hydrogen-bond acceptors (Lipinski definition) is 1. The summed E-state index contributed by atoms with van der Waals surface area (Å²) >= 11 is 12.8. The lowest BCUT2D eigenvalue weighted by molar-refractivity contribution is -0.122. The molecule has 110 valence electrons. The van der Waals surface area contributed by atoms with Gasteiger partial charge in [-0.3, -0.25) is 0 Å². The Balaban J connectivity index is 1.64. The molecule has 2 saturated carbocycles. The maximum absolute atomic E-state index is 6.56. The molecule has 0 aromatic heterocycles. The highest BCUT2D eigenvalue weighted by atomic mass is 35.5. The van der Waals surface area contributed by atoms with Crippen molar-refractivity contribution in [3.05, 3.63) is 34.9 Å². The van der Waals surface area contributed by atoms with Crippen molar-refractivity contribution >= 4 is 23.2 Å². The quantitative estimate of drug-likeness (QED) is 0.662. The Kier molecular flexibility index (Phi) is 4.59. The molecule has 0 bridgehead atoms. The van der Waals surface area contributed by atoms with Gasteiger partial charge >= 0.3 is 0 Å². The van der Waals surface area contributed by atoms with Gasteiger partial charge in [-0.15, -0.1) is 11.6 Å². The molecule has 0 amide bonds. The zero-order chi connectivity index (χ0) is 14.0. The maximum atomic E-state index is 6.56. The van der Waals surface area contributed by atoms with E-state index in [0.717, 1.165) is 17.0 Å². The van der Waals surface area contributed by atoms with Crippen LogP contribution in [-0.2, 0) is 11.3 Å². The first-order valence-corrected chi connectivity index (χ1v) is 8.53. The van der Waals surface area contributed by atoms with Gasteiger partial charge < -0.3 is 4.74 Å². The van der Waals surface area contributed by atoms with Crippen LogP contribution in [0.3, 0.4) is 0 Å². The Bertz CT molecular complexity index is 452. The highest BCUT2D eigenvalue weighted by molar-refractivity contribution is 6.31. The normalized spacial score (nSPS) is 28.9. The fourth-order valence-electron chi connectivity index (χ4n) is 3.76. The molecule has 2 fully saturated rings. The second kappa shape index (κ2) is 6.25. The first-order valence-electron chi connectivity index (χ1n) is 7.71. The van der Waals surface area contributed by atoms with E-state index in [1.54, 1.807) is 0 Å². The van der Waals surface area contributed by atoms with E-state index in [0.29, 0.717) is 18.1 Å². The summed E-state index contributed by atoms with van der Waals surface area (Å²) in [4.78, 5) is 0. The highest BCUT2D eigenvalue weighted by Gasteiger charge is 2.54. The van der Waals surface area contributed by atoms with E-state index in [9.17, 15) is 0 Å². The fourth-order valence-corrected chi connectivity index (χ4v) is 4.47. The van der Waals surface area contributed by atoms with Crippen LogP contribution in [0.4, 0.5) is 0 Å². The van der Waals surface area contributed by atoms with E-state index in [1.807, 2.05) is 24.3 Å². The van der Waals surface area contributed by atoms with Crippen molar-refractivity contribution in [1.82, 2.24) is 0 Å². The van der Waals surface area contributed by atoms with Crippen molar-refractivity contribution in [2.24, 2.45) is 5.41 Å². The molecule has 0 saturated heterocycles. The lowest BCUT2D eigenvalue weighted by Gasteiger charge is -2.53. The zero-order valence-electron chi connectivity index (χ0n) is 11.8. The van der Waals surface area contributed by atoms with Crippen molar-refractivity contribution < 1.29 is 4.74 Å². The molecule has 3 rings (SSSR count). The zero-order valence-corrected chi connectivity index (χ0v) is 13.3. The van der Waals surface area contributed by atoms with E-state index in [1.165, 1.54) is 38.5 Å². The second-order valence-electron chi connectivity index (χ2n) is 6.24. The van der Waals surface area contributed by atoms with Crippen molar-refractivity contribution in [2.45, 2.75) is 63.0 Å². The van der Waals surface area contributed by atoms with Crippen LogP contribution >= 0.6 is 23.2 Å². The van der Waals surface area contributed by atoms with E-state index >= 15 is 0 Å². The van der Waals surface area contributed by atoms with Gasteiger partial charge in [0.2, 0.25) is 0 Å². The molecular weight excluding hydrogens is 291 g/mol. The Morgan fingerprint density at radius 3 is 2.45 bits per heavy atom. The van der Waals surface area contributed by atoms with Crippen LogP contribution in [0.25, 0.3) is 0 Å². The van der Waals surface area contributed by atoms with Crippen LogP contribution in [0.1, 0.15) is 50.5 Å². The third-order valence-electron chi connectivity index (χ3n) is 5.12. The van der Waals surface area contributed by atoms with Gasteiger partial charge in [-0.2, -0.15) is 0 Å². The second-order valence-corrected chi connectivity index (χ2v) is 7.18. The van der Waals surface area contributed by atoms with Gasteiger partial charge in [-0.25, -0.2) is 0 Å². The fraction of sp³-hybridized carbons (Fsp3) is 0.647. The topological polar surface area (TPSA) is 9.23 Å². The van der Waals surface area contributed by atoms with Gasteiger partial charge in [0, 0.05) is 15.8 Å².